The third-order valence-corrected chi connectivity index (χ3v) is 4.26. The average molecular weight is 307 g/mol. The molecular weight excluding hydrogens is 290 g/mol. The van der Waals surface area contributed by atoms with Crippen LogP contribution in [0, 0.1) is 0 Å². The average Bonchev–Trinajstić information content (AvgIpc) is 3.06. The number of likely N-dealkylation sites (tertiary alicyclic amines) is 1. The Morgan fingerprint density at radius 1 is 1.13 bits per heavy atom. The van der Waals surface area contributed by atoms with Gasteiger partial charge in [-0.2, -0.15) is 4.98 Å². The second-order valence-electron chi connectivity index (χ2n) is 5.72. The SMILES string of the molecule is O=C(c1nc2ncccn2n1)N1CCCCC1c1ccccc1. The van der Waals surface area contributed by atoms with Crippen LogP contribution >= 0.6 is 0 Å². The maximum Gasteiger partial charge on any atom is 0.294 e. The van der Waals surface area contributed by atoms with Crippen molar-refractivity contribution in [2.45, 2.75) is 25.3 Å². The van der Waals surface area contributed by atoms with Crippen LogP contribution in [0.15, 0.2) is 48.8 Å². The normalized spacial score (nSPS) is 18.3. The lowest BCUT2D eigenvalue weighted by atomic mass is 9.95. The summed E-state index contributed by atoms with van der Waals surface area (Å²) in [4.78, 5) is 23.2. The van der Waals surface area contributed by atoms with E-state index in [1.807, 2.05) is 23.1 Å². The predicted molar refractivity (Wildman–Crippen MR) is 84.9 cm³/mol. The molecule has 1 unspecified atom stereocenters. The molecule has 6 heteroatoms. The molecule has 1 atom stereocenters. The summed E-state index contributed by atoms with van der Waals surface area (Å²) in [5, 5.41) is 4.27. The summed E-state index contributed by atoms with van der Waals surface area (Å²) in [6, 6.07) is 12.0. The van der Waals surface area contributed by atoms with E-state index in [2.05, 4.69) is 27.2 Å². The second-order valence-corrected chi connectivity index (χ2v) is 5.72. The maximum absolute atomic E-state index is 12.9. The highest BCUT2D eigenvalue weighted by Crippen LogP contribution is 2.31. The summed E-state index contributed by atoms with van der Waals surface area (Å²) in [6.07, 6.45) is 6.51. The number of hydrogen-bond donors (Lipinski definition) is 0. The minimum absolute atomic E-state index is 0.0945. The first-order chi connectivity index (χ1) is 11.3. The molecule has 0 N–H and O–H groups in total. The number of piperidine rings is 1. The Morgan fingerprint density at radius 3 is 2.83 bits per heavy atom. The lowest BCUT2D eigenvalue weighted by molar-refractivity contribution is 0.0599. The van der Waals surface area contributed by atoms with Crippen molar-refractivity contribution in [3.8, 4) is 0 Å². The van der Waals surface area contributed by atoms with E-state index in [0.29, 0.717) is 5.78 Å². The summed E-state index contributed by atoms with van der Waals surface area (Å²) in [5.41, 5.74) is 1.17. The number of amides is 1. The molecule has 2 aromatic heterocycles. The Hall–Kier alpha value is -2.76. The fourth-order valence-corrected chi connectivity index (χ4v) is 3.15. The fourth-order valence-electron chi connectivity index (χ4n) is 3.15. The van der Waals surface area contributed by atoms with Crippen LogP contribution in [0.2, 0.25) is 0 Å². The van der Waals surface area contributed by atoms with Crippen molar-refractivity contribution in [2.24, 2.45) is 0 Å². The molecule has 1 aliphatic heterocycles. The van der Waals surface area contributed by atoms with E-state index in [4.69, 9.17) is 0 Å². The van der Waals surface area contributed by atoms with Crippen molar-refractivity contribution in [1.29, 1.82) is 0 Å². The summed E-state index contributed by atoms with van der Waals surface area (Å²) in [6.45, 7) is 0.737. The molecule has 1 saturated heterocycles. The molecular formula is C17H17N5O. The van der Waals surface area contributed by atoms with Gasteiger partial charge < -0.3 is 4.90 Å². The van der Waals surface area contributed by atoms with Gasteiger partial charge in [-0.3, -0.25) is 4.79 Å². The molecule has 0 bridgehead atoms. The van der Waals surface area contributed by atoms with Crippen molar-refractivity contribution >= 4 is 11.7 Å². The lowest BCUT2D eigenvalue weighted by Crippen LogP contribution is -2.39. The number of carbonyl (C=O) groups is 1. The highest BCUT2D eigenvalue weighted by Gasteiger charge is 2.30. The van der Waals surface area contributed by atoms with Gasteiger partial charge in [0.05, 0.1) is 6.04 Å². The van der Waals surface area contributed by atoms with Gasteiger partial charge in [-0.15, -0.1) is 5.10 Å². The van der Waals surface area contributed by atoms with Crippen LogP contribution in [-0.4, -0.2) is 36.9 Å². The fraction of sp³-hybridized carbons (Fsp3) is 0.294. The van der Waals surface area contributed by atoms with E-state index in [9.17, 15) is 4.79 Å². The number of rotatable bonds is 2. The molecule has 0 saturated carbocycles. The monoisotopic (exact) mass is 307 g/mol. The van der Waals surface area contributed by atoms with Crippen LogP contribution in [-0.2, 0) is 0 Å². The van der Waals surface area contributed by atoms with Gasteiger partial charge in [0.15, 0.2) is 0 Å². The molecule has 3 heterocycles. The first-order valence-electron chi connectivity index (χ1n) is 7.86. The molecule has 4 rings (SSSR count). The third-order valence-electron chi connectivity index (χ3n) is 4.26. The Kier molecular flexibility index (Phi) is 3.49. The van der Waals surface area contributed by atoms with Crippen molar-refractivity contribution in [1.82, 2.24) is 24.5 Å². The minimum Gasteiger partial charge on any atom is -0.329 e. The Bertz CT molecular complexity index is 796. The zero-order chi connectivity index (χ0) is 15.6. The van der Waals surface area contributed by atoms with Crippen LogP contribution in [0.1, 0.15) is 41.5 Å². The topological polar surface area (TPSA) is 63.4 Å². The van der Waals surface area contributed by atoms with E-state index in [-0.39, 0.29) is 17.8 Å². The predicted octanol–water partition coefficient (Wildman–Crippen LogP) is 2.49. The van der Waals surface area contributed by atoms with Crippen molar-refractivity contribution in [3.63, 3.8) is 0 Å². The Morgan fingerprint density at radius 2 is 2.00 bits per heavy atom. The van der Waals surface area contributed by atoms with E-state index in [1.54, 1.807) is 18.5 Å². The van der Waals surface area contributed by atoms with Gasteiger partial charge in [0.25, 0.3) is 11.7 Å². The third kappa shape index (κ3) is 2.56. The van der Waals surface area contributed by atoms with E-state index < -0.39 is 0 Å². The number of carbonyl (C=O) groups excluding carboxylic acids is 1. The number of aromatic nitrogens is 4. The number of fused-ring (bicyclic) bond motifs is 1. The molecule has 0 aliphatic carbocycles. The highest BCUT2D eigenvalue weighted by molar-refractivity contribution is 5.91. The van der Waals surface area contributed by atoms with Gasteiger partial charge in [-0.1, -0.05) is 30.3 Å². The molecule has 1 aromatic carbocycles. The molecule has 3 aromatic rings. The van der Waals surface area contributed by atoms with Gasteiger partial charge >= 0.3 is 0 Å². The molecule has 1 fully saturated rings. The maximum atomic E-state index is 12.9. The number of benzene rings is 1. The van der Waals surface area contributed by atoms with Gasteiger partial charge in [0.2, 0.25) is 5.82 Å². The van der Waals surface area contributed by atoms with Crippen LogP contribution < -0.4 is 0 Å². The molecule has 0 spiro atoms. The number of hydrogen-bond acceptors (Lipinski definition) is 4. The van der Waals surface area contributed by atoms with Gasteiger partial charge in [-0.25, -0.2) is 9.50 Å². The first-order valence-corrected chi connectivity index (χ1v) is 7.86. The Labute approximate surface area is 133 Å². The molecule has 6 nitrogen and oxygen atoms in total. The Balaban J connectivity index is 1.67. The zero-order valence-electron chi connectivity index (χ0n) is 12.7. The molecule has 1 aliphatic rings. The second kappa shape index (κ2) is 5.79. The van der Waals surface area contributed by atoms with Crippen LogP contribution in [0.25, 0.3) is 5.78 Å². The van der Waals surface area contributed by atoms with Gasteiger partial charge in [0.1, 0.15) is 0 Å². The quantitative estimate of drug-likeness (QED) is 0.729. The van der Waals surface area contributed by atoms with Gasteiger partial charge in [0, 0.05) is 18.9 Å². The highest BCUT2D eigenvalue weighted by atomic mass is 16.2. The zero-order valence-corrected chi connectivity index (χ0v) is 12.7. The van der Waals surface area contributed by atoms with Crippen LogP contribution in [0.5, 0.6) is 0 Å². The largest absolute Gasteiger partial charge is 0.329 e. The van der Waals surface area contributed by atoms with E-state index in [0.717, 1.165) is 25.8 Å². The summed E-state index contributed by atoms with van der Waals surface area (Å²) in [7, 11) is 0. The summed E-state index contributed by atoms with van der Waals surface area (Å²) in [5.74, 6) is 0.541. The first kappa shape index (κ1) is 13.9. The van der Waals surface area contributed by atoms with E-state index >= 15 is 0 Å². The van der Waals surface area contributed by atoms with Crippen LogP contribution in [0.3, 0.4) is 0 Å². The molecule has 116 valence electrons. The van der Waals surface area contributed by atoms with Crippen molar-refractivity contribution < 1.29 is 4.79 Å². The summed E-state index contributed by atoms with van der Waals surface area (Å²) < 4.78 is 1.54. The molecule has 0 radical (unpaired) electrons. The van der Waals surface area contributed by atoms with Gasteiger partial charge in [-0.05, 0) is 30.9 Å². The van der Waals surface area contributed by atoms with E-state index in [1.165, 1.54) is 10.1 Å². The van der Waals surface area contributed by atoms with Crippen molar-refractivity contribution in [2.75, 3.05) is 6.54 Å². The standard InChI is InChI=1S/C17H17N5O/c23-16(15-19-17-18-10-6-12-22(17)20-15)21-11-5-4-9-14(21)13-7-2-1-3-8-13/h1-3,6-8,10,12,14H,4-5,9,11H2. The van der Waals surface area contributed by atoms with Crippen LogP contribution in [0.4, 0.5) is 0 Å². The minimum atomic E-state index is -0.121. The number of nitrogens with zero attached hydrogens (tertiary/aromatic N) is 5. The lowest BCUT2D eigenvalue weighted by Gasteiger charge is -2.35. The molecule has 1 amide bonds. The molecule has 23 heavy (non-hydrogen) atoms. The smallest absolute Gasteiger partial charge is 0.294 e. The van der Waals surface area contributed by atoms with Crippen molar-refractivity contribution in [3.05, 3.63) is 60.2 Å². The summed E-state index contributed by atoms with van der Waals surface area (Å²) >= 11 is 0.